The normalized spacial score (nSPS) is 33.7. The third kappa shape index (κ3) is 1.11. The molecule has 0 aromatic heterocycles. The number of fused-ring (bicyclic) bond motifs is 1. The molecule has 0 N–H and O–H groups in total. The van der Waals surface area contributed by atoms with E-state index in [2.05, 4.69) is 20.8 Å². The first kappa shape index (κ1) is 9.70. The van der Waals surface area contributed by atoms with Gasteiger partial charge in [-0.1, -0.05) is 25.5 Å². The van der Waals surface area contributed by atoms with Crippen LogP contribution in [0.2, 0.25) is 0 Å². The second kappa shape index (κ2) is 2.82. The van der Waals surface area contributed by atoms with E-state index < -0.39 is 0 Å². The molecule has 1 nitrogen and oxygen atoms in total. The zero-order chi connectivity index (χ0) is 10.5. The van der Waals surface area contributed by atoms with Crippen molar-refractivity contribution in [2.75, 3.05) is 0 Å². The van der Waals surface area contributed by atoms with Crippen LogP contribution in [0.4, 0.5) is 0 Å². The van der Waals surface area contributed by atoms with Gasteiger partial charge < -0.3 is 0 Å². The highest BCUT2D eigenvalue weighted by atomic mass is 16.1. The average molecular weight is 190 g/mol. The van der Waals surface area contributed by atoms with Crippen LogP contribution >= 0.6 is 0 Å². The van der Waals surface area contributed by atoms with Gasteiger partial charge in [0.1, 0.15) is 0 Å². The molecule has 2 aliphatic rings. The fraction of sp³-hybridized carbons (Fsp3) is 0.615. The summed E-state index contributed by atoms with van der Waals surface area (Å²) in [5.41, 5.74) is 2.81. The molecule has 2 atom stereocenters. The molecule has 0 aromatic carbocycles. The largest absolute Gasteiger partial charge is 0.290 e. The van der Waals surface area contributed by atoms with Gasteiger partial charge in [-0.15, -0.1) is 0 Å². The Hall–Kier alpha value is -0.850. The van der Waals surface area contributed by atoms with Crippen LogP contribution in [0.3, 0.4) is 0 Å². The van der Waals surface area contributed by atoms with E-state index in [1.54, 1.807) is 6.08 Å². The van der Waals surface area contributed by atoms with E-state index in [4.69, 9.17) is 0 Å². The number of hydrogen-bond donors (Lipinski definition) is 0. The van der Waals surface area contributed by atoms with E-state index in [-0.39, 0.29) is 5.78 Å². The predicted octanol–water partition coefficient (Wildman–Crippen LogP) is 3.12. The molecular weight excluding hydrogens is 172 g/mol. The smallest absolute Gasteiger partial charge is 0.181 e. The van der Waals surface area contributed by atoms with Crippen molar-refractivity contribution < 1.29 is 4.79 Å². The Morgan fingerprint density at radius 3 is 2.64 bits per heavy atom. The van der Waals surface area contributed by atoms with Gasteiger partial charge in [0.2, 0.25) is 0 Å². The molecule has 1 fully saturated rings. The minimum Gasteiger partial charge on any atom is -0.290 e. The van der Waals surface area contributed by atoms with Crippen LogP contribution in [-0.4, -0.2) is 5.78 Å². The Balaban J connectivity index is 2.27. The molecule has 0 heterocycles. The molecule has 0 amide bonds. The minimum absolute atomic E-state index is 0.239. The van der Waals surface area contributed by atoms with Crippen LogP contribution in [0, 0.1) is 17.3 Å². The van der Waals surface area contributed by atoms with Crippen LogP contribution < -0.4 is 0 Å². The molecule has 1 heteroatoms. The zero-order valence-electron chi connectivity index (χ0n) is 9.42. The lowest BCUT2D eigenvalue weighted by atomic mass is 9.93. The molecule has 0 aromatic rings. The fourth-order valence-electron chi connectivity index (χ4n) is 3.01. The number of hydrogen-bond acceptors (Lipinski definition) is 1. The van der Waals surface area contributed by atoms with E-state index in [0.717, 1.165) is 17.9 Å². The maximum absolute atomic E-state index is 11.8. The second-order valence-corrected chi connectivity index (χ2v) is 5.17. The van der Waals surface area contributed by atoms with Crippen LogP contribution in [0.15, 0.2) is 23.3 Å². The Kier molecular flexibility index (Phi) is 1.95. The van der Waals surface area contributed by atoms with E-state index in [0.29, 0.717) is 11.3 Å². The topological polar surface area (TPSA) is 17.1 Å². The van der Waals surface area contributed by atoms with Crippen molar-refractivity contribution in [2.45, 2.75) is 34.1 Å². The highest BCUT2D eigenvalue weighted by molar-refractivity contribution is 6.06. The molecule has 76 valence electrons. The van der Waals surface area contributed by atoms with Crippen molar-refractivity contribution in [3.05, 3.63) is 23.3 Å². The number of allylic oxidation sites excluding steroid dienone is 4. The van der Waals surface area contributed by atoms with Gasteiger partial charge in [0.25, 0.3) is 0 Å². The number of carbonyl (C=O) groups is 1. The van der Waals surface area contributed by atoms with Crippen LogP contribution in [0.5, 0.6) is 0 Å². The summed E-state index contributed by atoms with van der Waals surface area (Å²) in [5.74, 6) is 1.53. The van der Waals surface area contributed by atoms with Gasteiger partial charge in [-0.25, -0.2) is 0 Å². The molecule has 0 unspecified atom stereocenters. The number of ketones is 1. The summed E-state index contributed by atoms with van der Waals surface area (Å²) >= 11 is 0. The molecule has 0 bridgehead atoms. The van der Waals surface area contributed by atoms with Crippen molar-refractivity contribution in [3.8, 4) is 0 Å². The van der Waals surface area contributed by atoms with Gasteiger partial charge >= 0.3 is 0 Å². The van der Waals surface area contributed by atoms with Crippen molar-refractivity contribution in [2.24, 2.45) is 17.3 Å². The molecule has 0 radical (unpaired) electrons. The maximum Gasteiger partial charge on any atom is 0.181 e. The van der Waals surface area contributed by atoms with Gasteiger partial charge in [0, 0.05) is 5.57 Å². The van der Waals surface area contributed by atoms with Gasteiger partial charge in [0.15, 0.2) is 5.78 Å². The molecule has 0 aliphatic heterocycles. The predicted molar refractivity (Wildman–Crippen MR) is 57.9 cm³/mol. The molecule has 0 spiro atoms. The summed E-state index contributed by atoms with van der Waals surface area (Å²) in [4.78, 5) is 11.8. The Morgan fingerprint density at radius 2 is 2.14 bits per heavy atom. The lowest BCUT2D eigenvalue weighted by molar-refractivity contribution is -0.111. The van der Waals surface area contributed by atoms with Crippen molar-refractivity contribution in [1.82, 2.24) is 0 Å². The van der Waals surface area contributed by atoms with Crippen LogP contribution in [-0.2, 0) is 4.79 Å². The summed E-state index contributed by atoms with van der Waals surface area (Å²) in [6, 6.07) is 0. The standard InChI is InChI=1S/C13H18O/c1-5-6-10(14)11-8(2)7-9-12(11)13(9,3)4/h5-6,9,12H,7H2,1-4H3/b6-5+/t9-,12-/m0/s1. The van der Waals surface area contributed by atoms with E-state index in [1.165, 1.54) is 5.57 Å². The van der Waals surface area contributed by atoms with E-state index >= 15 is 0 Å². The Morgan fingerprint density at radius 1 is 1.50 bits per heavy atom. The van der Waals surface area contributed by atoms with Crippen LogP contribution in [0.25, 0.3) is 0 Å². The van der Waals surface area contributed by atoms with Gasteiger partial charge in [0.05, 0.1) is 0 Å². The summed E-state index contributed by atoms with van der Waals surface area (Å²) < 4.78 is 0. The highest BCUT2D eigenvalue weighted by Gasteiger charge is 2.63. The van der Waals surface area contributed by atoms with Crippen molar-refractivity contribution in [1.29, 1.82) is 0 Å². The quantitative estimate of drug-likeness (QED) is 0.611. The Labute approximate surface area is 85.9 Å². The molecule has 2 rings (SSSR count). The number of rotatable bonds is 2. The van der Waals surface area contributed by atoms with Crippen LogP contribution in [0.1, 0.15) is 34.1 Å². The third-order valence-electron chi connectivity index (χ3n) is 3.93. The van der Waals surface area contributed by atoms with E-state index in [1.807, 2.05) is 13.0 Å². The zero-order valence-corrected chi connectivity index (χ0v) is 9.42. The summed E-state index contributed by atoms with van der Waals surface area (Å²) in [6.07, 6.45) is 4.68. The lowest BCUT2D eigenvalue weighted by Gasteiger charge is -2.11. The Bertz CT molecular complexity index is 344. The lowest BCUT2D eigenvalue weighted by Crippen LogP contribution is -2.07. The minimum atomic E-state index is 0.239. The third-order valence-corrected chi connectivity index (χ3v) is 3.93. The maximum atomic E-state index is 11.8. The van der Waals surface area contributed by atoms with Gasteiger partial charge in [-0.2, -0.15) is 0 Å². The van der Waals surface area contributed by atoms with Gasteiger partial charge in [-0.3, -0.25) is 4.79 Å². The monoisotopic (exact) mass is 190 g/mol. The average Bonchev–Trinajstić information content (AvgIpc) is 2.48. The summed E-state index contributed by atoms with van der Waals surface area (Å²) in [6.45, 7) is 8.56. The molecular formula is C13H18O. The second-order valence-electron chi connectivity index (χ2n) is 5.17. The van der Waals surface area contributed by atoms with E-state index in [9.17, 15) is 4.79 Å². The van der Waals surface area contributed by atoms with Crippen molar-refractivity contribution >= 4 is 5.78 Å². The molecule has 1 saturated carbocycles. The SMILES string of the molecule is C/C=C/C(=O)C1=C(C)C[C@H]2[C@@H]1C2(C)C. The molecule has 0 saturated heterocycles. The first-order chi connectivity index (χ1) is 6.50. The number of carbonyl (C=O) groups excluding carboxylic acids is 1. The highest BCUT2D eigenvalue weighted by Crippen LogP contribution is 2.68. The first-order valence-corrected chi connectivity index (χ1v) is 5.36. The summed E-state index contributed by atoms with van der Waals surface area (Å²) in [5, 5.41) is 0. The fourth-order valence-corrected chi connectivity index (χ4v) is 3.01. The van der Waals surface area contributed by atoms with Crippen molar-refractivity contribution in [3.63, 3.8) is 0 Å². The molecule has 14 heavy (non-hydrogen) atoms. The first-order valence-electron chi connectivity index (χ1n) is 5.36. The van der Waals surface area contributed by atoms with Gasteiger partial charge in [-0.05, 0) is 43.6 Å². The summed E-state index contributed by atoms with van der Waals surface area (Å²) in [7, 11) is 0. The molecule has 2 aliphatic carbocycles.